The number of fused-ring (bicyclic) bond motifs is 1. The Bertz CT molecular complexity index is 347. The second-order valence-electron chi connectivity index (χ2n) is 2.94. The Labute approximate surface area is 73.9 Å². The lowest BCUT2D eigenvalue weighted by Gasteiger charge is -2.20. The first kappa shape index (κ1) is 7.90. The van der Waals surface area contributed by atoms with Crippen molar-refractivity contribution in [2.75, 3.05) is 11.9 Å². The Kier molecular flexibility index (Phi) is 1.61. The molecule has 3 N–H and O–H groups in total. The quantitative estimate of drug-likeness (QED) is 0.582. The fourth-order valence-electron chi connectivity index (χ4n) is 1.20. The van der Waals surface area contributed by atoms with Gasteiger partial charge in [-0.25, -0.2) is 4.79 Å². The van der Waals surface area contributed by atoms with Crippen LogP contribution in [0.15, 0.2) is 0 Å². The molecule has 1 atom stereocenters. The molecule has 6 nitrogen and oxygen atoms in total. The van der Waals surface area contributed by atoms with E-state index in [4.69, 9.17) is 9.84 Å². The van der Waals surface area contributed by atoms with Crippen molar-refractivity contribution in [3.8, 4) is 5.75 Å². The number of aromatic carboxylic acids is 1. The molecule has 70 valence electrons. The van der Waals surface area contributed by atoms with Crippen LogP contribution >= 0.6 is 0 Å². The van der Waals surface area contributed by atoms with Gasteiger partial charge in [-0.2, -0.15) is 5.10 Å². The number of hydrogen-bond acceptors (Lipinski definition) is 4. The largest absolute Gasteiger partial charge is 0.485 e. The third-order valence-corrected chi connectivity index (χ3v) is 1.80. The van der Waals surface area contributed by atoms with E-state index in [1.54, 1.807) is 0 Å². The minimum absolute atomic E-state index is 0.00519. The van der Waals surface area contributed by atoms with Gasteiger partial charge in [0.05, 0.1) is 6.04 Å². The molecule has 0 aromatic carbocycles. The van der Waals surface area contributed by atoms with E-state index in [9.17, 15) is 4.79 Å². The van der Waals surface area contributed by atoms with Crippen molar-refractivity contribution in [1.29, 1.82) is 0 Å². The Balaban J connectivity index is 2.39. The summed E-state index contributed by atoms with van der Waals surface area (Å²) in [7, 11) is 0. The van der Waals surface area contributed by atoms with Crippen LogP contribution < -0.4 is 10.1 Å². The highest BCUT2D eigenvalue weighted by atomic mass is 16.5. The number of aromatic amines is 1. The molecular formula is C7H9N3O3. The number of carboxylic acid groups (broad SMARTS) is 1. The molecule has 0 amide bonds. The van der Waals surface area contributed by atoms with Gasteiger partial charge in [0.15, 0.2) is 17.3 Å². The summed E-state index contributed by atoms with van der Waals surface area (Å²) in [5.41, 5.74) is -0.00519. The normalized spacial score (nSPS) is 19.9. The van der Waals surface area contributed by atoms with Crippen LogP contribution in [0.2, 0.25) is 0 Å². The number of carbonyl (C=O) groups is 1. The molecule has 1 unspecified atom stereocenters. The fourth-order valence-corrected chi connectivity index (χ4v) is 1.20. The highest BCUT2D eigenvalue weighted by Gasteiger charge is 2.25. The molecule has 0 bridgehead atoms. The van der Waals surface area contributed by atoms with Crippen LogP contribution in [0.4, 0.5) is 5.82 Å². The number of aromatic nitrogens is 2. The molecule has 0 fully saturated rings. The number of H-pyrrole nitrogens is 1. The summed E-state index contributed by atoms with van der Waals surface area (Å²) in [6, 6.07) is 0.150. The van der Waals surface area contributed by atoms with Crippen molar-refractivity contribution in [1.82, 2.24) is 10.2 Å². The minimum Gasteiger partial charge on any atom is -0.485 e. The predicted molar refractivity (Wildman–Crippen MR) is 44.1 cm³/mol. The zero-order chi connectivity index (χ0) is 9.42. The molecule has 2 heterocycles. The molecule has 2 rings (SSSR count). The summed E-state index contributed by atoms with van der Waals surface area (Å²) < 4.78 is 5.23. The van der Waals surface area contributed by atoms with Crippen molar-refractivity contribution in [3.05, 3.63) is 5.69 Å². The highest BCUT2D eigenvalue weighted by Crippen LogP contribution is 2.29. The maximum absolute atomic E-state index is 10.6. The van der Waals surface area contributed by atoms with E-state index < -0.39 is 5.97 Å². The Hall–Kier alpha value is -1.72. The van der Waals surface area contributed by atoms with Crippen LogP contribution in [0.1, 0.15) is 17.4 Å². The van der Waals surface area contributed by atoms with E-state index in [2.05, 4.69) is 15.5 Å². The summed E-state index contributed by atoms with van der Waals surface area (Å²) in [5, 5.41) is 17.9. The van der Waals surface area contributed by atoms with Gasteiger partial charge in [0.25, 0.3) is 0 Å². The average Bonchev–Trinajstić information content (AvgIpc) is 2.46. The fraction of sp³-hybridized carbons (Fsp3) is 0.429. The average molecular weight is 183 g/mol. The van der Waals surface area contributed by atoms with Crippen molar-refractivity contribution < 1.29 is 14.6 Å². The SMILES string of the molecule is CC1COc2c(n[nH]c2C(=O)O)N1. The standard InChI is InChI=1S/C7H9N3O3/c1-3-2-13-5-4(7(11)12)9-10-6(5)8-3/h3H,2H2,1H3,(H,11,12)(H2,8,9,10). The van der Waals surface area contributed by atoms with Crippen molar-refractivity contribution >= 4 is 11.8 Å². The molecule has 1 aliphatic heterocycles. The minimum atomic E-state index is -1.06. The van der Waals surface area contributed by atoms with Crippen LogP contribution in [0.5, 0.6) is 5.75 Å². The predicted octanol–water partition coefficient (Wildman–Crippen LogP) is 0.301. The van der Waals surface area contributed by atoms with Crippen LogP contribution in [0.3, 0.4) is 0 Å². The number of anilines is 1. The third-order valence-electron chi connectivity index (χ3n) is 1.80. The molecule has 13 heavy (non-hydrogen) atoms. The van der Waals surface area contributed by atoms with E-state index in [-0.39, 0.29) is 11.7 Å². The lowest BCUT2D eigenvalue weighted by Crippen LogP contribution is -2.28. The first-order chi connectivity index (χ1) is 6.18. The number of hydrogen-bond donors (Lipinski definition) is 3. The molecular weight excluding hydrogens is 174 g/mol. The van der Waals surface area contributed by atoms with E-state index in [0.29, 0.717) is 18.2 Å². The highest BCUT2D eigenvalue weighted by molar-refractivity contribution is 5.90. The summed E-state index contributed by atoms with van der Waals surface area (Å²) in [5.74, 6) is -0.299. The molecule has 1 aliphatic rings. The maximum atomic E-state index is 10.6. The second kappa shape index (κ2) is 2.65. The molecule has 0 spiro atoms. The monoisotopic (exact) mass is 183 g/mol. The number of nitrogens with one attached hydrogen (secondary N) is 2. The lowest BCUT2D eigenvalue weighted by atomic mass is 10.3. The number of nitrogens with zero attached hydrogens (tertiary/aromatic N) is 1. The van der Waals surface area contributed by atoms with E-state index in [1.165, 1.54) is 0 Å². The summed E-state index contributed by atoms with van der Waals surface area (Å²) in [4.78, 5) is 10.6. The van der Waals surface area contributed by atoms with Gasteiger partial charge in [0.2, 0.25) is 0 Å². The summed E-state index contributed by atoms with van der Waals surface area (Å²) >= 11 is 0. The van der Waals surface area contributed by atoms with Gasteiger partial charge in [-0.1, -0.05) is 0 Å². The zero-order valence-electron chi connectivity index (χ0n) is 7.00. The van der Waals surface area contributed by atoms with Gasteiger partial charge < -0.3 is 15.2 Å². The molecule has 0 radical (unpaired) electrons. The van der Waals surface area contributed by atoms with Gasteiger partial charge >= 0.3 is 5.97 Å². The molecule has 1 aromatic heterocycles. The maximum Gasteiger partial charge on any atom is 0.357 e. The second-order valence-corrected chi connectivity index (χ2v) is 2.94. The molecule has 0 aliphatic carbocycles. The van der Waals surface area contributed by atoms with Gasteiger partial charge in [-0.15, -0.1) is 0 Å². The smallest absolute Gasteiger partial charge is 0.357 e. The van der Waals surface area contributed by atoms with Crippen LogP contribution in [0.25, 0.3) is 0 Å². The Morgan fingerprint density at radius 3 is 3.23 bits per heavy atom. The first-order valence-electron chi connectivity index (χ1n) is 3.89. The number of ether oxygens (including phenoxy) is 1. The summed E-state index contributed by atoms with van der Waals surface area (Å²) in [6.45, 7) is 2.38. The molecule has 0 saturated carbocycles. The van der Waals surface area contributed by atoms with Gasteiger partial charge in [-0.05, 0) is 6.92 Å². The van der Waals surface area contributed by atoms with Gasteiger partial charge in [-0.3, -0.25) is 5.10 Å². The molecule has 6 heteroatoms. The number of rotatable bonds is 1. The van der Waals surface area contributed by atoms with Crippen LogP contribution in [0, 0.1) is 0 Å². The molecule has 0 saturated heterocycles. The van der Waals surface area contributed by atoms with E-state index in [1.807, 2.05) is 6.92 Å². The zero-order valence-corrected chi connectivity index (χ0v) is 7.00. The Morgan fingerprint density at radius 1 is 1.77 bits per heavy atom. The van der Waals surface area contributed by atoms with E-state index >= 15 is 0 Å². The first-order valence-corrected chi connectivity index (χ1v) is 3.89. The third kappa shape index (κ3) is 1.20. The van der Waals surface area contributed by atoms with E-state index in [0.717, 1.165) is 0 Å². The van der Waals surface area contributed by atoms with Crippen LogP contribution in [-0.2, 0) is 0 Å². The van der Waals surface area contributed by atoms with Crippen molar-refractivity contribution in [2.24, 2.45) is 0 Å². The molecule has 1 aromatic rings. The van der Waals surface area contributed by atoms with Gasteiger partial charge in [0.1, 0.15) is 6.61 Å². The van der Waals surface area contributed by atoms with Gasteiger partial charge in [0, 0.05) is 0 Å². The number of carboxylic acids is 1. The summed E-state index contributed by atoms with van der Waals surface area (Å²) in [6.07, 6.45) is 0. The van der Waals surface area contributed by atoms with Crippen LogP contribution in [-0.4, -0.2) is 33.9 Å². The Morgan fingerprint density at radius 2 is 2.54 bits per heavy atom. The van der Waals surface area contributed by atoms with Crippen molar-refractivity contribution in [2.45, 2.75) is 13.0 Å². The lowest BCUT2D eigenvalue weighted by molar-refractivity contribution is 0.0685. The topological polar surface area (TPSA) is 87.2 Å². The van der Waals surface area contributed by atoms with Crippen molar-refractivity contribution in [3.63, 3.8) is 0 Å².